The molecule has 1 aromatic carbocycles. The van der Waals surface area contributed by atoms with Gasteiger partial charge in [0.15, 0.2) is 0 Å². The Morgan fingerprint density at radius 1 is 1.19 bits per heavy atom. The Morgan fingerprint density at radius 2 is 2.00 bits per heavy atom. The Hall–Kier alpha value is -2.53. The number of amides is 1. The van der Waals surface area contributed by atoms with E-state index in [2.05, 4.69) is 57.2 Å². The third kappa shape index (κ3) is 5.44. The molecule has 0 radical (unpaired) electrons. The first kappa shape index (κ1) is 22.7. The minimum absolute atomic E-state index is 0.110. The third-order valence-electron chi connectivity index (χ3n) is 6.81. The molecular formula is C25H34N6O. The molecule has 1 aromatic heterocycles. The van der Waals surface area contributed by atoms with Crippen molar-refractivity contribution in [1.29, 1.82) is 5.26 Å². The molecule has 7 nitrogen and oxygen atoms in total. The number of pyridine rings is 1. The number of carbonyl (C=O) groups is 1. The monoisotopic (exact) mass is 434 g/mol. The van der Waals surface area contributed by atoms with E-state index in [0.717, 1.165) is 63.1 Å². The number of carbonyl (C=O) groups excluding carboxylic acids is 1. The number of nitrogens with one attached hydrogen (secondary N) is 1. The number of likely N-dealkylation sites (N-methyl/N-ethyl adjacent to an activating group) is 1. The summed E-state index contributed by atoms with van der Waals surface area (Å²) in [5, 5.41) is 13.6. The van der Waals surface area contributed by atoms with E-state index in [-0.39, 0.29) is 5.91 Å². The number of nitriles is 1. The molecule has 7 heteroatoms. The fourth-order valence-electron chi connectivity index (χ4n) is 5.14. The van der Waals surface area contributed by atoms with E-state index >= 15 is 0 Å². The van der Waals surface area contributed by atoms with Crippen LogP contribution in [0.4, 0.5) is 0 Å². The molecular weight excluding hydrogens is 400 g/mol. The summed E-state index contributed by atoms with van der Waals surface area (Å²) in [6.45, 7) is 10.5. The topological polar surface area (TPSA) is 75.5 Å². The van der Waals surface area contributed by atoms with Crippen molar-refractivity contribution in [3.63, 3.8) is 0 Å². The molecule has 32 heavy (non-hydrogen) atoms. The van der Waals surface area contributed by atoms with Crippen LogP contribution < -0.4 is 5.32 Å². The highest BCUT2D eigenvalue weighted by Crippen LogP contribution is 2.34. The Morgan fingerprint density at radius 3 is 2.78 bits per heavy atom. The molecule has 0 saturated carbocycles. The van der Waals surface area contributed by atoms with Crippen LogP contribution in [0.2, 0.25) is 0 Å². The molecule has 0 aliphatic carbocycles. The van der Waals surface area contributed by atoms with E-state index in [4.69, 9.17) is 0 Å². The van der Waals surface area contributed by atoms with Crippen LogP contribution in [0.3, 0.4) is 0 Å². The van der Waals surface area contributed by atoms with E-state index in [1.54, 1.807) is 6.20 Å². The summed E-state index contributed by atoms with van der Waals surface area (Å²) in [7, 11) is 2.16. The standard InChI is InChI=1S/C25H34N6O/c1-19-14-21(22-6-5-20(15-26)25-23(22)4-3-7-28-25)17-31(16-19)18-24(32)27-8-9-30-12-10-29(2)11-13-30/h3-7,19,21H,8-14,16-18H2,1-2H3,(H,27,32)/t19-,21-/m1/s1. The fraction of sp³-hybridized carbons (Fsp3) is 0.560. The van der Waals surface area contributed by atoms with Crippen molar-refractivity contribution in [3.8, 4) is 6.07 Å². The van der Waals surface area contributed by atoms with Crippen LogP contribution >= 0.6 is 0 Å². The first-order valence-electron chi connectivity index (χ1n) is 11.7. The average molecular weight is 435 g/mol. The van der Waals surface area contributed by atoms with E-state index in [0.29, 0.717) is 30.5 Å². The number of fused-ring (bicyclic) bond motifs is 1. The van der Waals surface area contributed by atoms with Crippen molar-refractivity contribution in [2.24, 2.45) is 5.92 Å². The van der Waals surface area contributed by atoms with Gasteiger partial charge in [-0.05, 0) is 43.0 Å². The zero-order valence-corrected chi connectivity index (χ0v) is 19.3. The molecule has 1 N–H and O–H groups in total. The minimum Gasteiger partial charge on any atom is -0.354 e. The lowest BCUT2D eigenvalue weighted by Crippen LogP contribution is -2.48. The van der Waals surface area contributed by atoms with Gasteiger partial charge in [0.25, 0.3) is 0 Å². The predicted molar refractivity (Wildman–Crippen MR) is 126 cm³/mol. The Balaban J connectivity index is 1.35. The molecule has 2 aliphatic rings. The van der Waals surface area contributed by atoms with E-state index in [1.165, 1.54) is 5.56 Å². The summed E-state index contributed by atoms with van der Waals surface area (Å²) in [4.78, 5) is 24.1. The summed E-state index contributed by atoms with van der Waals surface area (Å²) in [6, 6.07) is 10.2. The van der Waals surface area contributed by atoms with Gasteiger partial charge in [-0.2, -0.15) is 5.26 Å². The lowest BCUT2D eigenvalue weighted by Gasteiger charge is -2.37. The number of aromatic nitrogens is 1. The molecule has 0 spiro atoms. The van der Waals surface area contributed by atoms with Crippen LogP contribution in [0.5, 0.6) is 0 Å². The summed E-state index contributed by atoms with van der Waals surface area (Å²) >= 11 is 0. The second-order valence-corrected chi connectivity index (χ2v) is 9.44. The van der Waals surface area contributed by atoms with Crippen LogP contribution in [-0.4, -0.2) is 91.5 Å². The molecule has 2 aliphatic heterocycles. The van der Waals surface area contributed by atoms with Gasteiger partial charge < -0.3 is 10.2 Å². The van der Waals surface area contributed by atoms with Crippen LogP contribution in [0.15, 0.2) is 30.5 Å². The van der Waals surface area contributed by atoms with Crippen molar-refractivity contribution >= 4 is 16.8 Å². The summed E-state index contributed by atoms with van der Waals surface area (Å²) in [6.07, 6.45) is 2.83. The quantitative estimate of drug-likeness (QED) is 0.748. The van der Waals surface area contributed by atoms with Crippen molar-refractivity contribution < 1.29 is 4.79 Å². The molecule has 0 unspecified atom stereocenters. The molecule has 3 heterocycles. The lowest BCUT2D eigenvalue weighted by atomic mass is 9.83. The zero-order valence-electron chi connectivity index (χ0n) is 19.3. The Labute approximate surface area is 191 Å². The highest BCUT2D eigenvalue weighted by Gasteiger charge is 2.28. The van der Waals surface area contributed by atoms with Crippen molar-refractivity contribution in [3.05, 3.63) is 41.6 Å². The normalized spacial score (nSPS) is 23.2. The average Bonchev–Trinajstić information content (AvgIpc) is 2.79. The maximum absolute atomic E-state index is 12.6. The smallest absolute Gasteiger partial charge is 0.234 e. The third-order valence-corrected chi connectivity index (χ3v) is 6.81. The molecule has 4 rings (SSSR count). The van der Waals surface area contributed by atoms with Crippen molar-refractivity contribution in [2.75, 3.05) is 66.0 Å². The van der Waals surface area contributed by atoms with Crippen LogP contribution in [0.25, 0.3) is 10.9 Å². The largest absolute Gasteiger partial charge is 0.354 e. The Bertz CT molecular complexity index is 978. The second kappa shape index (κ2) is 10.4. The van der Waals surface area contributed by atoms with Crippen molar-refractivity contribution in [1.82, 2.24) is 25.0 Å². The highest BCUT2D eigenvalue weighted by atomic mass is 16.2. The van der Waals surface area contributed by atoms with Gasteiger partial charge in [-0.1, -0.05) is 19.1 Å². The van der Waals surface area contributed by atoms with Crippen LogP contribution in [0.1, 0.15) is 30.4 Å². The maximum atomic E-state index is 12.6. The number of hydrogen-bond donors (Lipinski definition) is 1. The van der Waals surface area contributed by atoms with Gasteiger partial charge in [-0.15, -0.1) is 0 Å². The summed E-state index contributed by atoms with van der Waals surface area (Å²) in [5.74, 6) is 0.948. The lowest BCUT2D eigenvalue weighted by molar-refractivity contribution is -0.122. The van der Waals surface area contributed by atoms with Gasteiger partial charge in [0.05, 0.1) is 17.6 Å². The van der Waals surface area contributed by atoms with Crippen LogP contribution in [0, 0.1) is 17.2 Å². The number of rotatable bonds is 6. The van der Waals surface area contributed by atoms with Crippen LogP contribution in [-0.2, 0) is 4.79 Å². The number of benzene rings is 1. The number of hydrogen-bond acceptors (Lipinski definition) is 6. The first-order chi connectivity index (χ1) is 15.5. The van der Waals surface area contributed by atoms with E-state index in [9.17, 15) is 10.1 Å². The van der Waals surface area contributed by atoms with Gasteiger partial charge >= 0.3 is 0 Å². The van der Waals surface area contributed by atoms with Gasteiger partial charge in [0.2, 0.25) is 5.91 Å². The number of piperazine rings is 1. The van der Waals surface area contributed by atoms with Gasteiger partial charge in [0.1, 0.15) is 6.07 Å². The highest BCUT2D eigenvalue weighted by molar-refractivity contribution is 5.87. The van der Waals surface area contributed by atoms with Gasteiger partial charge in [-0.25, -0.2) is 0 Å². The predicted octanol–water partition coefficient (Wildman–Crippen LogP) is 1.90. The second-order valence-electron chi connectivity index (χ2n) is 9.44. The number of piperidine rings is 1. The first-order valence-corrected chi connectivity index (χ1v) is 11.7. The molecule has 2 fully saturated rings. The maximum Gasteiger partial charge on any atom is 0.234 e. The fourth-order valence-corrected chi connectivity index (χ4v) is 5.14. The van der Waals surface area contributed by atoms with Gasteiger partial charge in [0, 0.05) is 63.9 Å². The van der Waals surface area contributed by atoms with E-state index in [1.807, 2.05) is 12.1 Å². The zero-order chi connectivity index (χ0) is 22.5. The molecule has 2 saturated heterocycles. The molecule has 2 atom stereocenters. The Kier molecular flexibility index (Phi) is 7.36. The molecule has 1 amide bonds. The number of likely N-dealkylation sites (tertiary alicyclic amines) is 1. The minimum atomic E-state index is 0.110. The van der Waals surface area contributed by atoms with E-state index < -0.39 is 0 Å². The molecule has 170 valence electrons. The van der Waals surface area contributed by atoms with Crippen molar-refractivity contribution in [2.45, 2.75) is 19.3 Å². The molecule has 2 aromatic rings. The number of nitrogens with zero attached hydrogens (tertiary/aromatic N) is 5. The molecule has 0 bridgehead atoms. The van der Waals surface area contributed by atoms with Gasteiger partial charge in [-0.3, -0.25) is 19.6 Å². The summed E-state index contributed by atoms with van der Waals surface area (Å²) < 4.78 is 0. The SMILES string of the molecule is C[C@@H]1C[C@@H](c2ccc(C#N)c3ncccc23)CN(CC(=O)NCCN2CCN(C)CC2)C1. The summed E-state index contributed by atoms with van der Waals surface area (Å²) in [5.41, 5.74) is 2.63.